The third-order valence-corrected chi connectivity index (χ3v) is 2.38. The van der Waals surface area contributed by atoms with Gasteiger partial charge >= 0.3 is 0 Å². The van der Waals surface area contributed by atoms with Gasteiger partial charge in [-0.15, -0.1) is 0 Å². The summed E-state index contributed by atoms with van der Waals surface area (Å²) in [6.45, 7) is 8.34. The summed E-state index contributed by atoms with van der Waals surface area (Å²) in [5.41, 5.74) is 0. The molecule has 1 rings (SSSR count). The highest BCUT2D eigenvalue weighted by Gasteiger charge is 2.28. The summed E-state index contributed by atoms with van der Waals surface area (Å²) in [6, 6.07) is 0. The van der Waals surface area contributed by atoms with Crippen molar-refractivity contribution >= 4 is 0 Å². The highest BCUT2D eigenvalue weighted by molar-refractivity contribution is 4.72. The molecule has 0 saturated carbocycles. The van der Waals surface area contributed by atoms with E-state index in [0.29, 0.717) is 12.5 Å². The lowest BCUT2D eigenvalue weighted by Crippen LogP contribution is -2.39. The van der Waals surface area contributed by atoms with Gasteiger partial charge in [0.25, 0.3) is 0 Å². The third kappa shape index (κ3) is 3.25. The second kappa shape index (κ2) is 5.58. The molecule has 3 nitrogen and oxygen atoms in total. The first-order chi connectivity index (χ1) is 6.27. The summed E-state index contributed by atoms with van der Waals surface area (Å²) in [5.74, 6) is 0.533. The molecule has 13 heavy (non-hydrogen) atoms. The van der Waals surface area contributed by atoms with Crippen molar-refractivity contribution in [3.05, 3.63) is 0 Å². The zero-order valence-electron chi connectivity index (χ0n) is 8.79. The van der Waals surface area contributed by atoms with Gasteiger partial charge in [-0.25, -0.2) is 0 Å². The van der Waals surface area contributed by atoms with E-state index >= 15 is 0 Å². The van der Waals surface area contributed by atoms with Crippen molar-refractivity contribution < 1.29 is 14.2 Å². The number of rotatable bonds is 4. The minimum Gasteiger partial charge on any atom is -0.376 e. The number of hydrogen-bond acceptors (Lipinski definition) is 3. The minimum atomic E-state index is -0.0169. The zero-order chi connectivity index (χ0) is 9.68. The molecular weight excluding hydrogens is 168 g/mol. The molecule has 0 bridgehead atoms. The average Bonchev–Trinajstić information content (AvgIpc) is 2.10. The molecular formula is C10H20O3. The highest BCUT2D eigenvalue weighted by atomic mass is 16.7. The molecule has 1 saturated heterocycles. The fraction of sp³-hybridized carbons (Fsp3) is 1.00. The first-order valence-electron chi connectivity index (χ1n) is 5.12. The Morgan fingerprint density at radius 2 is 1.92 bits per heavy atom. The summed E-state index contributed by atoms with van der Waals surface area (Å²) in [4.78, 5) is 0. The molecule has 1 heterocycles. The summed E-state index contributed by atoms with van der Waals surface area (Å²) in [5, 5.41) is 0. The van der Waals surface area contributed by atoms with Gasteiger partial charge in [0.1, 0.15) is 0 Å². The van der Waals surface area contributed by atoms with E-state index in [2.05, 4.69) is 6.92 Å². The molecule has 3 atom stereocenters. The van der Waals surface area contributed by atoms with Gasteiger partial charge in [0.05, 0.1) is 12.7 Å². The minimum absolute atomic E-state index is 0.0169. The van der Waals surface area contributed by atoms with Gasteiger partial charge in [0.15, 0.2) is 6.29 Å². The molecule has 1 unspecified atom stereocenters. The van der Waals surface area contributed by atoms with E-state index in [9.17, 15) is 0 Å². The SMILES string of the molecule is CCOC1C[C@H](C)[C@H](OCC)CO1. The Hall–Kier alpha value is -0.120. The van der Waals surface area contributed by atoms with Crippen LogP contribution in [-0.4, -0.2) is 32.2 Å². The molecule has 0 aromatic carbocycles. The van der Waals surface area contributed by atoms with Crippen LogP contribution in [0.3, 0.4) is 0 Å². The van der Waals surface area contributed by atoms with Gasteiger partial charge in [-0.1, -0.05) is 6.92 Å². The summed E-state index contributed by atoms with van der Waals surface area (Å²) in [7, 11) is 0. The molecule has 0 amide bonds. The van der Waals surface area contributed by atoms with Crippen molar-refractivity contribution in [1.29, 1.82) is 0 Å². The van der Waals surface area contributed by atoms with Crippen LogP contribution >= 0.6 is 0 Å². The van der Waals surface area contributed by atoms with E-state index in [0.717, 1.165) is 19.6 Å². The molecule has 0 spiro atoms. The Balaban J connectivity index is 2.28. The lowest BCUT2D eigenvalue weighted by molar-refractivity contribution is -0.207. The van der Waals surface area contributed by atoms with Crippen molar-refractivity contribution in [3.8, 4) is 0 Å². The third-order valence-electron chi connectivity index (χ3n) is 2.38. The van der Waals surface area contributed by atoms with Crippen LogP contribution in [0, 0.1) is 5.92 Å². The molecule has 3 heteroatoms. The standard InChI is InChI=1S/C10H20O3/c1-4-11-9-7-13-10(12-5-2)6-8(9)3/h8-10H,4-7H2,1-3H3/t8-,9+,10?/m0/s1. The average molecular weight is 188 g/mol. The van der Waals surface area contributed by atoms with E-state index < -0.39 is 0 Å². The van der Waals surface area contributed by atoms with E-state index in [1.54, 1.807) is 0 Å². The van der Waals surface area contributed by atoms with Gasteiger partial charge in [-0.3, -0.25) is 0 Å². The van der Waals surface area contributed by atoms with Crippen LogP contribution in [0.5, 0.6) is 0 Å². The van der Waals surface area contributed by atoms with Crippen LogP contribution in [-0.2, 0) is 14.2 Å². The van der Waals surface area contributed by atoms with Gasteiger partial charge in [0, 0.05) is 19.6 Å². The number of hydrogen-bond donors (Lipinski definition) is 0. The van der Waals surface area contributed by atoms with E-state index in [-0.39, 0.29) is 12.4 Å². The fourth-order valence-corrected chi connectivity index (χ4v) is 1.62. The summed E-state index contributed by atoms with van der Waals surface area (Å²) < 4.78 is 16.4. The van der Waals surface area contributed by atoms with Crippen molar-refractivity contribution in [2.75, 3.05) is 19.8 Å². The Bertz CT molecular complexity index is 138. The molecule has 0 aromatic rings. The number of ether oxygens (including phenoxy) is 3. The second-order valence-electron chi connectivity index (χ2n) is 3.43. The van der Waals surface area contributed by atoms with E-state index in [1.165, 1.54) is 0 Å². The summed E-state index contributed by atoms with van der Waals surface area (Å²) >= 11 is 0. The molecule has 0 aliphatic carbocycles. The zero-order valence-corrected chi connectivity index (χ0v) is 8.79. The predicted octanol–water partition coefficient (Wildman–Crippen LogP) is 1.81. The molecule has 1 aliphatic heterocycles. The van der Waals surface area contributed by atoms with Crippen LogP contribution in [0.2, 0.25) is 0 Å². The lowest BCUT2D eigenvalue weighted by atomic mass is 9.99. The molecule has 0 radical (unpaired) electrons. The molecule has 1 fully saturated rings. The van der Waals surface area contributed by atoms with Crippen molar-refractivity contribution in [3.63, 3.8) is 0 Å². The van der Waals surface area contributed by atoms with E-state index in [4.69, 9.17) is 14.2 Å². The molecule has 1 aliphatic rings. The topological polar surface area (TPSA) is 27.7 Å². The van der Waals surface area contributed by atoms with Gasteiger partial charge in [-0.2, -0.15) is 0 Å². The Labute approximate surface area is 80.4 Å². The lowest BCUT2D eigenvalue weighted by Gasteiger charge is -2.33. The van der Waals surface area contributed by atoms with Crippen molar-refractivity contribution in [2.45, 2.75) is 39.6 Å². The maximum absolute atomic E-state index is 5.54. The second-order valence-corrected chi connectivity index (χ2v) is 3.43. The maximum atomic E-state index is 5.54. The van der Waals surface area contributed by atoms with Crippen LogP contribution < -0.4 is 0 Å². The maximum Gasteiger partial charge on any atom is 0.158 e. The highest BCUT2D eigenvalue weighted by Crippen LogP contribution is 2.22. The van der Waals surface area contributed by atoms with Crippen LogP contribution in [0.1, 0.15) is 27.2 Å². The Morgan fingerprint density at radius 1 is 1.23 bits per heavy atom. The monoisotopic (exact) mass is 188 g/mol. The smallest absolute Gasteiger partial charge is 0.158 e. The quantitative estimate of drug-likeness (QED) is 0.673. The predicted molar refractivity (Wildman–Crippen MR) is 50.6 cm³/mol. The normalized spacial score (nSPS) is 34.8. The first-order valence-corrected chi connectivity index (χ1v) is 5.12. The van der Waals surface area contributed by atoms with Crippen molar-refractivity contribution in [1.82, 2.24) is 0 Å². The van der Waals surface area contributed by atoms with Crippen LogP contribution in [0.4, 0.5) is 0 Å². The van der Waals surface area contributed by atoms with E-state index in [1.807, 2.05) is 13.8 Å². The Morgan fingerprint density at radius 3 is 2.46 bits per heavy atom. The van der Waals surface area contributed by atoms with Gasteiger partial charge in [-0.05, 0) is 19.8 Å². The summed E-state index contributed by atoms with van der Waals surface area (Å²) in [6.07, 6.45) is 1.18. The fourth-order valence-electron chi connectivity index (χ4n) is 1.62. The molecule has 78 valence electrons. The van der Waals surface area contributed by atoms with Crippen LogP contribution in [0.25, 0.3) is 0 Å². The molecule has 0 aromatic heterocycles. The van der Waals surface area contributed by atoms with Crippen LogP contribution in [0.15, 0.2) is 0 Å². The van der Waals surface area contributed by atoms with Gasteiger partial charge < -0.3 is 14.2 Å². The van der Waals surface area contributed by atoms with Crippen molar-refractivity contribution in [2.24, 2.45) is 5.92 Å². The first kappa shape index (κ1) is 11.0. The van der Waals surface area contributed by atoms with Gasteiger partial charge in [0.2, 0.25) is 0 Å². The Kier molecular flexibility index (Phi) is 4.70. The molecule has 0 N–H and O–H groups in total. The largest absolute Gasteiger partial charge is 0.376 e.